The number of carbonyl (C=O) groups is 1. The number of hydrogen-bond acceptors (Lipinski definition) is 3. The Hall–Kier alpha value is -2.34. The summed E-state index contributed by atoms with van der Waals surface area (Å²) in [7, 11) is 0. The number of thiazole rings is 1. The van der Waals surface area contributed by atoms with Gasteiger partial charge in [-0.15, -0.1) is 23.7 Å². The normalized spacial score (nSPS) is 10.6. The van der Waals surface area contributed by atoms with Crippen LogP contribution in [0, 0.1) is 0 Å². The van der Waals surface area contributed by atoms with Gasteiger partial charge in [0.2, 0.25) is 5.91 Å². The fraction of sp³-hybridized carbons (Fsp3) is 0.143. The molecule has 28 heavy (non-hydrogen) atoms. The van der Waals surface area contributed by atoms with Crippen LogP contribution in [0.4, 0.5) is 0 Å². The number of nitrogens with zero attached hydrogens (tertiary/aromatic N) is 2. The number of rotatable bonds is 6. The first kappa shape index (κ1) is 20.4. The third-order valence-corrected chi connectivity index (χ3v) is 5.48. The Morgan fingerprint density at radius 2 is 1.86 bits per heavy atom. The lowest BCUT2D eigenvalue weighted by Gasteiger charge is -2.05. The van der Waals surface area contributed by atoms with Crippen molar-refractivity contribution in [2.24, 2.45) is 0 Å². The summed E-state index contributed by atoms with van der Waals surface area (Å²) in [4.78, 5) is 17.9. The lowest BCUT2D eigenvalue weighted by atomic mass is 10.1. The molecule has 2 heterocycles. The second-order valence-corrected chi connectivity index (χ2v) is 7.55. The molecule has 4 rings (SSSR count). The van der Waals surface area contributed by atoms with E-state index in [1.165, 1.54) is 0 Å². The SMILES string of the molecule is Cl.O=C(Cc1csc2nc(-c3ccccc3)cn12)NCCc1ccc(Cl)cc1. The summed E-state index contributed by atoms with van der Waals surface area (Å²) < 4.78 is 2.01. The van der Waals surface area contributed by atoms with Gasteiger partial charge in [0.15, 0.2) is 4.96 Å². The minimum absolute atomic E-state index is 0. The summed E-state index contributed by atoms with van der Waals surface area (Å²) >= 11 is 7.44. The molecule has 0 aliphatic heterocycles. The predicted octanol–water partition coefficient (Wildman–Crippen LogP) is 5.04. The highest BCUT2D eigenvalue weighted by Crippen LogP contribution is 2.23. The quantitative estimate of drug-likeness (QED) is 0.464. The van der Waals surface area contributed by atoms with E-state index in [-0.39, 0.29) is 18.3 Å². The van der Waals surface area contributed by atoms with Gasteiger partial charge in [-0.05, 0) is 24.1 Å². The predicted molar refractivity (Wildman–Crippen MR) is 118 cm³/mol. The van der Waals surface area contributed by atoms with Gasteiger partial charge < -0.3 is 5.32 Å². The number of amides is 1. The molecule has 2 aromatic carbocycles. The maximum atomic E-state index is 12.3. The molecule has 4 nitrogen and oxygen atoms in total. The topological polar surface area (TPSA) is 46.4 Å². The van der Waals surface area contributed by atoms with Gasteiger partial charge in [-0.2, -0.15) is 0 Å². The van der Waals surface area contributed by atoms with Crippen LogP contribution in [-0.2, 0) is 17.6 Å². The summed E-state index contributed by atoms with van der Waals surface area (Å²) in [6, 6.07) is 17.7. The van der Waals surface area contributed by atoms with Gasteiger partial charge >= 0.3 is 0 Å². The number of hydrogen-bond donors (Lipinski definition) is 1. The van der Waals surface area contributed by atoms with E-state index in [0.29, 0.717) is 13.0 Å². The molecule has 0 aliphatic rings. The van der Waals surface area contributed by atoms with E-state index in [0.717, 1.165) is 38.9 Å². The molecule has 1 amide bonds. The largest absolute Gasteiger partial charge is 0.355 e. The number of fused-ring (bicyclic) bond motifs is 1. The maximum Gasteiger partial charge on any atom is 0.225 e. The molecule has 0 saturated carbocycles. The molecule has 0 unspecified atom stereocenters. The van der Waals surface area contributed by atoms with Crippen molar-refractivity contribution in [2.75, 3.05) is 6.54 Å². The zero-order valence-electron chi connectivity index (χ0n) is 15.0. The smallest absolute Gasteiger partial charge is 0.225 e. The standard InChI is InChI=1S/C21H18ClN3OS.ClH/c22-17-8-6-15(7-9-17)10-11-23-20(26)12-18-14-27-21-24-19(13-25(18)21)16-4-2-1-3-5-16;/h1-9,13-14H,10-12H2,(H,23,26);1H. The molecule has 0 bridgehead atoms. The van der Waals surface area contributed by atoms with Crippen LogP contribution in [-0.4, -0.2) is 21.8 Å². The van der Waals surface area contributed by atoms with Crippen LogP contribution in [0.15, 0.2) is 66.2 Å². The Balaban J connectivity index is 0.00000225. The summed E-state index contributed by atoms with van der Waals surface area (Å²) in [6.45, 7) is 0.604. The van der Waals surface area contributed by atoms with E-state index >= 15 is 0 Å². The summed E-state index contributed by atoms with van der Waals surface area (Å²) in [6.07, 6.45) is 3.12. The average Bonchev–Trinajstić information content (AvgIpc) is 3.26. The van der Waals surface area contributed by atoms with Gasteiger partial charge in [-0.1, -0.05) is 54.1 Å². The Kier molecular flexibility index (Phi) is 6.73. The number of halogens is 2. The van der Waals surface area contributed by atoms with E-state index in [2.05, 4.69) is 10.3 Å². The van der Waals surface area contributed by atoms with Crippen molar-refractivity contribution < 1.29 is 4.79 Å². The third-order valence-electron chi connectivity index (χ3n) is 4.34. The lowest BCUT2D eigenvalue weighted by molar-refractivity contribution is -0.120. The van der Waals surface area contributed by atoms with Crippen LogP contribution >= 0.6 is 35.3 Å². The first-order valence-electron chi connectivity index (χ1n) is 8.71. The first-order valence-corrected chi connectivity index (χ1v) is 9.97. The molecule has 4 aromatic rings. The minimum Gasteiger partial charge on any atom is -0.355 e. The highest BCUT2D eigenvalue weighted by atomic mass is 35.5. The van der Waals surface area contributed by atoms with Crippen LogP contribution in [0.1, 0.15) is 11.3 Å². The fourth-order valence-electron chi connectivity index (χ4n) is 2.93. The molecule has 0 radical (unpaired) electrons. The van der Waals surface area contributed by atoms with Crippen molar-refractivity contribution in [2.45, 2.75) is 12.8 Å². The van der Waals surface area contributed by atoms with Crippen molar-refractivity contribution in [1.82, 2.24) is 14.7 Å². The highest BCUT2D eigenvalue weighted by Gasteiger charge is 2.12. The number of aromatic nitrogens is 2. The second kappa shape index (κ2) is 9.24. The van der Waals surface area contributed by atoms with Gasteiger partial charge in [-0.25, -0.2) is 4.98 Å². The number of carbonyl (C=O) groups excluding carboxylic acids is 1. The van der Waals surface area contributed by atoms with Crippen LogP contribution in [0.5, 0.6) is 0 Å². The van der Waals surface area contributed by atoms with Crippen LogP contribution < -0.4 is 5.32 Å². The average molecular weight is 432 g/mol. The zero-order chi connectivity index (χ0) is 18.6. The molecule has 1 N–H and O–H groups in total. The van der Waals surface area contributed by atoms with Gasteiger partial charge in [0.25, 0.3) is 0 Å². The Morgan fingerprint density at radius 3 is 2.61 bits per heavy atom. The molecule has 0 saturated heterocycles. The highest BCUT2D eigenvalue weighted by molar-refractivity contribution is 7.15. The van der Waals surface area contributed by atoms with Gasteiger partial charge in [-0.3, -0.25) is 9.20 Å². The number of nitrogens with one attached hydrogen (secondary N) is 1. The van der Waals surface area contributed by atoms with Gasteiger partial charge in [0, 0.05) is 34.4 Å². The monoisotopic (exact) mass is 431 g/mol. The van der Waals surface area contributed by atoms with Gasteiger partial charge in [0.1, 0.15) is 0 Å². The van der Waals surface area contributed by atoms with Crippen LogP contribution in [0.2, 0.25) is 5.02 Å². The lowest BCUT2D eigenvalue weighted by Crippen LogP contribution is -2.27. The molecule has 0 fully saturated rings. The van der Waals surface area contributed by atoms with Crippen molar-refractivity contribution >= 4 is 46.2 Å². The molecular formula is C21H19Cl2N3OS. The zero-order valence-corrected chi connectivity index (χ0v) is 17.4. The minimum atomic E-state index is 0. The summed E-state index contributed by atoms with van der Waals surface area (Å²) in [5.74, 6) is 0.0126. The van der Waals surface area contributed by atoms with E-state index in [4.69, 9.17) is 11.6 Å². The van der Waals surface area contributed by atoms with Crippen LogP contribution in [0.25, 0.3) is 16.2 Å². The van der Waals surface area contributed by atoms with Gasteiger partial charge in [0.05, 0.1) is 12.1 Å². The third kappa shape index (κ3) is 4.73. The first-order chi connectivity index (χ1) is 13.2. The van der Waals surface area contributed by atoms with E-state index in [1.807, 2.05) is 70.6 Å². The molecule has 0 aliphatic carbocycles. The molecular weight excluding hydrogens is 413 g/mol. The van der Waals surface area contributed by atoms with E-state index in [9.17, 15) is 4.79 Å². The van der Waals surface area contributed by atoms with E-state index in [1.54, 1.807) is 11.3 Å². The Morgan fingerprint density at radius 1 is 1.11 bits per heavy atom. The van der Waals surface area contributed by atoms with Crippen LogP contribution in [0.3, 0.4) is 0 Å². The molecule has 7 heteroatoms. The van der Waals surface area contributed by atoms with E-state index < -0.39 is 0 Å². The molecule has 0 atom stereocenters. The van der Waals surface area contributed by atoms with Crippen molar-refractivity contribution in [3.63, 3.8) is 0 Å². The number of imidazole rings is 1. The van der Waals surface area contributed by atoms with Crippen molar-refractivity contribution in [3.8, 4) is 11.3 Å². The fourth-order valence-corrected chi connectivity index (χ4v) is 3.93. The van der Waals surface area contributed by atoms with Crippen molar-refractivity contribution in [1.29, 1.82) is 0 Å². The van der Waals surface area contributed by atoms with Crippen molar-refractivity contribution in [3.05, 3.63) is 82.5 Å². The Bertz CT molecular complexity index is 1060. The molecule has 0 spiro atoms. The second-order valence-electron chi connectivity index (χ2n) is 6.27. The molecule has 2 aromatic heterocycles. The maximum absolute atomic E-state index is 12.3. The Labute approximate surface area is 178 Å². The summed E-state index contributed by atoms with van der Waals surface area (Å²) in [5.41, 5.74) is 4.10. The summed E-state index contributed by atoms with van der Waals surface area (Å²) in [5, 5.41) is 5.70. The molecule has 144 valence electrons. The number of benzene rings is 2.